The molecule has 0 aromatic heterocycles. The Bertz CT molecular complexity index is 1000. The number of nitrogens with zero attached hydrogens (tertiary/aromatic N) is 3. The molecule has 0 amide bonds. The first-order valence-corrected chi connectivity index (χ1v) is 11.6. The van der Waals surface area contributed by atoms with Crippen LogP contribution in [-0.4, -0.2) is 36.5 Å². The maximum absolute atomic E-state index is 9.45. The number of amidine groups is 1. The molecule has 0 N–H and O–H groups in total. The van der Waals surface area contributed by atoms with Crippen LogP contribution in [0.5, 0.6) is 5.75 Å². The van der Waals surface area contributed by atoms with Crippen LogP contribution in [0.15, 0.2) is 45.9 Å². The molecule has 4 nitrogen and oxygen atoms in total. The lowest BCUT2D eigenvalue weighted by molar-refractivity contribution is 0.262. The topological polar surface area (TPSA) is 48.6 Å². The highest BCUT2D eigenvalue weighted by molar-refractivity contribution is 9.10. The summed E-state index contributed by atoms with van der Waals surface area (Å²) in [6, 6.07) is 15.1. The van der Waals surface area contributed by atoms with Crippen LogP contribution in [0.1, 0.15) is 42.4 Å². The fraction of sp³-hybridized carbons (Fsp3) is 0.417. The Morgan fingerprint density at radius 1 is 1.23 bits per heavy atom. The van der Waals surface area contributed by atoms with Gasteiger partial charge in [-0.25, -0.2) is 0 Å². The monoisotopic (exact) mass is 485 g/mol. The minimum absolute atomic E-state index is 0.291. The Hall–Kier alpha value is -2.03. The molecule has 0 bridgehead atoms. The van der Waals surface area contributed by atoms with E-state index in [1.165, 1.54) is 12.8 Å². The normalized spacial score (nSPS) is 20.5. The molecule has 0 radical (unpaired) electrons. The number of hydrogen-bond donors (Lipinski definition) is 0. The fourth-order valence-electron chi connectivity index (χ4n) is 4.71. The van der Waals surface area contributed by atoms with E-state index in [4.69, 9.17) is 21.3 Å². The zero-order chi connectivity index (χ0) is 21.1. The first kappa shape index (κ1) is 21.2. The van der Waals surface area contributed by atoms with Gasteiger partial charge in [0.05, 0.1) is 25.3 Å². The van der Waals surface area contributed by atoms with Crippen LogP contribution in [0, 0.1) is 11.3 Å². The molecule has 6 heteroatoms. The Balaban J connectivity index is 1.67. The molecule has 1 aliphatic heterocycles. The van der Waals surface area contributed by atoms with Crippen molar-refractivity contribution in [1.29, 1.82) is 5.26 Å². The summed E-state index contributed by atoms with van der Waals surface area (Å²) >= 11 is 10.2. The van der Waals surface area contributed by atoms with Crippen LogP contribution in [0.4, 0.5) is 0 Å². The molecule has 1 fully saturated rings. The van der Waals surface area contributed by atoms with Gasteiger partial charge in [-0.2, -0.15) is 5.26 Å². The predicted molar refractivity (Wildman–Crippen MR) is 124 cm³/mol. The van der Waals surface area contributed by atoms with Gasteiger partial charge >= 0.3 is 0 Å². The molecule has 30 heavy (non-hydrogen) atoms. The second-order valence-electron chi connectivity index (χ2n) is 7.88. The van der Waals surface area contributed by atoms with Crippen LogP contribution in [0.2, 0.25) is 5.02 Å². The zero-order valence-corrected chi connectivity index (χ0v) is 19.4. The van der Waals surface area contributed by atoms with Crippen molar-refractivity contribution < 1.29 is 4.74 Å². The first-order valence-electron chi connectivity index (χ1n) is 10.4. The molecular formula is C24H25BrClN3O. The Labute approximate surface area is 191 Å². The van der Waals surface area contributed by atoms with Crippen molar-refractivity contribution in [2.75, 3.05) is 13.7 Å². The van der Waals surface area contributed by atoms with Crippen LogP contribution >= 0.6 is 27.5 Å². The zero-order valence-electron chi connectivity index (χ0n) is 17.1. The molecule has 2 aromatic rings. The first-order chi connectivity index (χ1) is 14.6. The number of aryl methyl sites for hydroxylation is 1. The van der Waals surface area contributed by atoms with Crippen molar-refractivity contribution in [2.24, 2.45) is 4.99 Å². The summed E-state index contributed by atoms with van der Waals surface area (Å²) in [6.45, 7) is 0.366. The summed E-state index contributed by atoms with van der Waals surface area (Å²) in [5.74, 6) is 1.81. The van der Waals surface area contributed by atoms with Crippen molar-refractivity contribution >= 4 is 33.4 Å². The molecule has 1 saturated carbocycles. The molecule has 0 saturated heterocycles. The highest BCUT2D eigenvalue weighted by Gasteiger charge is 2.38. The number of rotatable bonds is 6. The molecule has 2 aliphatic rings. The van der Waals surface area contributed by atoms with Crippen molar-refractivity contribution in [3.63, 3.8) is 0 Å². The Morgan fingerprint density at radius 2 is 2.07 bits per heavy atom. The number of hydrogen-bond acceptors (Lipinski definition) is 4. The second-order valence-corrected chi connectivity index (χ2v) is 9.20. The van der Waals surface area contributed by atoms with Gasteiger partial charge in [0.25, 0.3) is 0 Å². The third-order valence-electron chi connectivity index (χ3n) is 6.14. The average molecular weight is 487 g/mol. The maximum Gasteiger partial charge on any atom is 0.132 e. The standard InChI is InChI=1S/C24H25BrClN3O/c1-30-23-12-10-17(25)15-16(23)9-11-18-19(5-4-6-20(18)26)24-28-21-7-2-3-8-22(21)29(24)14-13-27/h4-6,10,12,15,21-22H,2-3,7-9,11,14H2,1H3/t21?,22-/m0/s1. The van der Waals surface area contributed by atoms with Gasteiger partial charge in [-0.1, -0.05) is 52.5 Å². The van der Waals surface area contributed by atoms with E-state index in [-0.39, 0.29) is 0 Å². The third-order valence-corrected chi connectivity index (χ3v) is 6.99. The number of fused-ring (bicyclic) bond motifs is 1. The van der Waals surface area contributed by atoms with Crippen LogP contribution in [0.3, 0.4) is 0 Å². The number of aliphatic imine (C=N–C) groups is 1. The van der Waals surface area contributed by atoms with Gasteiger partial charge < -0.3 is 9.64 Å². The van der Waals surface area contributed by atoms with E-state index in [1.807, 2.05) is 24.3 Å². The average Bonchev–Trinajstić information content (AvgIpc) is 3.11. The molecule has 4 rings (SSSR count). The van der Waals surface area contributed by atoms with Crippen molar-refractivity contribution in [3.05, 3.63) is 62.6 Å². The van der Waals surface area contributed by atoms with Crippen molar-refractivity contribution in [3.8, 4) is 11.8 Å². The van der Waals surface area contributed by atoms with E-state index >= 15 is 0 Å². The van der Waals surface area contributed by atoms with Gasteiger partial charge in [0.2, 0.25) is 0 Å². The number of ether oxygens (including phenoxy) is 1. The number of benzene rings is 2. The molecule has 2 aromatic carbocycles. The van der Waals surface area contributed by atoms with Gasteiger partial charge in [-0.3, -0.25) is 4.99 Å². The van der Waals surface area contributed by atoms with E-state index in [2.05, 4.69) is 39.0 Å². The maximum atomic E-state index is 9.45. The summed E-state index contributed by atoms with van der Waals surface area (Å²) in [5.41, 5.74) is 3.27. The Kier molecular flexibility index (Phi) is 6.65. The summed E-state index contributed by atoms with van der Waals surface area (Å²) in [6.07, 6.45) is 6.19. The van der Waals surface area contributed by atoms with E-state index < -0.39 is 0 Å². The van der Waals surface area contributed by atoms with Gasteiger partial charge in [-0.05, 0) is 61.1 Å². The summed E-state index contributed by atoms with van der Waals surface area (Å²) in [5, 5.41) is 10.2. The van der Waals surface area contributed by atoms with Gasteiger partial charge in [0.1, 0.15) is 18.1 Å². The fourth-order valence-corrected chi connectivity index (χ4v) is 5.39. The van der Waals surface area contributed by atoms with E-state index in [9.17, 15) is 5.26 Å². The van der Waals surface area contributed by atoms with Crippen molar-refractivity contribution in [2.45, 2.75) is 50.6 Å². The predicted octanol–water partition coefficient (Wildman–Crippen LogP) is 5.79. The summed E-state index contributed by atoms with van der Waals surface area (Å²) < 4.78 is 6.57. The number of halogens is 2. The van der Waals surface area contributed by atoms with Gasteiger partial charge in [0.15, 0.2) is 0 Å². The molecule has 0 spiro atoms. The van der Waals surface area contributed by atoms with Crippen LogP contribution < -0.4 is 4.74 Å². The molecule has 156 valence electrons. The summed E-state index contributed by atoms with van der Waals surface area (Å²) in [7, 11) is 1.70. The second kappa shape index (κ2) is 9.41. The lowest BCUT2D eigenvalue weighted by atomic mass is 9.90. The highest BCUT2D eigenvalue weighted by atomic mass is 79.9. The lowest BCUT2D eigenvalue weighted by Crippen LogP contribution is -2.42. The molecule has 1 unspecified atom stereocenters. The van der Waals surface area contributed by atoms with Crippen LogP contribution in [-0.2, 0) is 12.8 Å². The van der Waals surface area contributed by atoms with Crippen molar-refractivity contribution in [1.82, 2.24) is 4.90 Å². The van der Waals surface area contributed by atoms with E-state index in [1.54, 1.807) is 7.11 Å². The van der Waals surface area contributed by atoms with E-state index in [0.717, 1.165) is 63.5 Å². The molecule has 1 heterocycles. The van der Waals surface area contributed by atoms with E-state index in [0.29, 0.717) is 18.6 Å². The SMILES string of the molecule is COc1ccc(Br)cc1CCc1c(Cl)cccc1C1=NC2CCCC[C@@H]2N1CC#N. The lowest BCUT2D eigenvalue weighted by Gasteiger charge is -2.31. The van der Waals surface area contributed by atoms with Gasteiger partial charge in [-0.15, -0.1) is 0 Å². The van der Waals surface area contributed by atoms with Gasteiger partial charge in [0, 0.05) is 15.1 Å². The number of nitriles is 1. The Morgan fingerprint density at radius 3 is 2.87 bits per heavy atom. The third kappa shape index (κ3) is 4.22. The largest absolute Gasteiger partial charge is 0.496 e. The molecular weight excluding hydrogens is 462 g/mol. The number of methoxy groups -OCH3 is 1. The quantitative estimate of drug-likeness (QED) is 0.485. The molecule has 1 aliphatic carbocycles. The minimum Gasteiger partial charge on any atom is -0.496 e. The summed E-state index contributed by atoms with van der Waals surface area (Å²) in [4.78, 5) is 7.29. The smallest absolute Gasteiger partial charge is 0.132 e. The van der Waals surface area contributed by atoms with Crippen LogP contribution in [0.25, 0.3) is 0 Å². The minimum atomic E-state index is 0.291. The highest BCUT2D eigenvalue weighted by Crippen LogP contribution is 2.35. The molecule has 2 atom stereocenters.